The number of alkyl halides is 3. The van der Waals surface area contributed by atoms with E-state index in [1.165, 1.54) is 16.8 Å². The highest BCUT2D eigenvalue weighted by Crippen LogP contribution is 2.40. The van der Waals surface area contributed by atoms with E-state index >= 15 is 0 Å². The fourth-order valence-corrected chi connectivity index (χ4v) is 4.36. The summed E-state index contributed by atoms with van der Waals surface area (Å²) in [4.78, 5) is 29.7. The minimum absolute atomic E-state index is 0.0392. The molecule has 2 aromatic carbocycles. The summed E-state index contributed by atoms with van der Waals surface area (Å²) in [5.41, 5.74) is 6.40. The molecule has 0 spiro atoms. The summed E-state index contributed by atoms with van der Waals surface area (Å²) in [6, 6.07) is 8.43. The summed E-state index contributed by atoms with van der Waals surface area (Å²) in [5.74, 6) is 1.11. The zero-order valence-corrected chi connectivity index (χ0v) is 21.2. The van der Waals surface area contributed by atoms with Gasteiger partial charge in [0.2, 0.25) is 11.9 Å². The quantitative estimate of drug-likeness (QED) is 0.307. The highest BCUT2D eigenvalue weighted by atomic mass is 19.4. The summed E-state index contributed by atoms with van der Waals surface area (Å²) >= 11 is 0. The number of hydrogen-bond donors (Lipinski definition) is 2. The smallest absolute Gasteiger partial charge is 0.366 e. The zero-order chi connectivity index (χ0) is 27.9. The van der Waals surface area contributed by atoms with Gasteiger partial charge in [-0.05, 0) is 62.2 Å². The lowest BCUT2D eigenvalue weighted by molar-refractivity contribution is -0.137. The second-order valence-corrected chi connectivity index (χ2v) is 8.86. The molecule has 0 atom stereocenters. The predicted octanol–water partition coefficient (Wildman–Crippen LogP) is 5.30. The summed E-state index contributed by atoms with van der Waals surface area (Å²) in [6.07, 6.45) is 3.34. The molecule has 0 bridgehead atoms. The number of halogens is 3. The molecule has 12 heteroatoms. The second-order valence-electron chi connectivity index (χ2n) is 8.86. The van der Waals surface area contributed by atoms with Crippen LogP contribution in [0.2, 0.25) is 0 Å². The lowest BCUT2D eigenvalue weighted by Gasteiger charge is -2.20. The molecule has 0 radical (unpaired) electrons. The molecule has 3 aromatic heterocycles. The molecule has 198 valence electrons. The van der Waals surface area contributed by atoms with Crippen LogP contribution in [0.3, 0.4) is 0 Å². The molecule has 9 nitrogen and oxygen atoms in total. The number of aromatic nitrogens is 6. The zero-order valence-electron chi connectivity index (χ0n) is 21.2. The third-order valence-corrected chi connectivity index (χ3v) is 6.27. The van der Waals surface area contributed by atoms with Gasteiger partial charge >= 0.3 is 6.18 Å². The van der Waals surface area contributed by atoms with Crippen LogP contribution in [0, 0.1) is 20.8 Å². The SMILES string of the molecule is Cc1ccc(C(N)=O)c(-c2cc(-n3ccnc3C)cc(C(F)(F)F)c2)c1Nc1nccc(-n2ccnc2C)n1. The number of nitrogens with one attached hydrogen (secondary N) is 1. The van der Waals surface area contributed by atoms with Gasteiger partial charge in [0, 0.05) is 47.8 Å². The fraction of sp³-hybridized carbons (Fsp3) is 0.148. The average molecular weight is 533 g/mol. The number of amides is 1. The Morgan fingerprint density at radius 2 is 1.59 bits per heavy atom. The summed E-state index contributed by atoms with van der Waals surface area (Å²) in [6.45, 7) is 5.26. The number of nitrogens with zero attached hydrogens (tertiary/aromatic N) is 6. The van der Waals surface area contributed by atoms with Crippen LogP contribution in [0.1, 0.15) is 33.1 Å². The van der Waals surface area contributed by atoms with Gasteiger partial charge in [0.1, 0.15) is 17.5 Å². The van der Waals surface area contributed by atoms with E-state index < -0.39 is 17.6 Å². The molecule has 0 saturated carbocycles. The molecular weight excluding hydrogens is 509 g/mol. The van der Waals surface area contributed by atoms with Gasteiger partial charge in [-0.1, -0.05) is 6.07 Å². The van der Waals surface area contributed by atoms with Crippen LogP contribution in [0.25, 0.3) is 22.6 Å². The number of imidazole rings is 2. The van der Waals surface area contributed by atoms with Crippen molar-refractivity contribution in [2.45, 2.75) is 26.9 Å². The van der Waals surface area contributed by atoms with Gasteiger partial charge in [0.15, 0.2) is 0 Å². The molecule has 0 aliphatic carbocycles. The van der Waals surface area contributed by atoms with Crippen LogP contribution in [0.4, 0.5) is 24.8 Å². The topological polar surface area (TPSA) is 117 Å². The van der Waals surface area contributed by atoms with E-state index in [1.807, 2.05) is 6.92 Å². The van der Waals surface area contributed by atoms with Crippen molar-refractivity contribution in [3.63, 3.8) is 0 Å². The first-order valence-corrected chi connectivity index (χ1v) is 11.8. The van der Waals surface area contributed by atoms with Crippen LogP contribution in [-0.2, 0) is 6.18 Å². The average Bonchev–Trinajstić information content (AvgIpc) is 3.52. The molecule has 5 aromatic rings. The van der Waals surface area contributed by atoms with Crippen molar-refractivity contribution in [2.24, 2.45) is 5.73 Å². The lowest BCUT2D eigenvalue weighted by atomic mass is 9.92. The molecular formula is C27H23F3N8O. The minimum Gasteiger partial charge on any atom is -0.366 e. The van der Waals surface area contributed by atoms with E-state index in [9.17, 15) is 18.0 Å². The highest BCUT2D eigenvalue weighted by molar-refractivity contribution is 6.04. The predicted molar refractivity (Wildman–Crippen MR) is 139 cm³/mol. The Kier molecular flexibility index (Phi) is 6.38. The molecule has 0 saturated heterocycles. The van der Waals surface area contributed by atoms with Gasteiger partial charge in [-0.2, -0.15) is 18.2 Å². The van der Waals surface area contributed by atoms with Crippen molar-refractivity contribution in [2.75, 3.05) is 5.32 Å². The number of rotatable bonds is 6. The highest BCUT2D eigenvalue weighted by Gasteiger charge is 2.32. The Morgan fingerprint density at radius 1 is 0.897 bits per heavy atom. The van der Waals surface area contributed by atoms with E-state index in [0.717, 1.165) is 12.1 Å². The Balaban J connectivity index is 1.72. The molecule has 3 heterocycles. The standard InChI is InChI=1S/C27H23F3N8O/c1-15-4-5-21(25(31)39)23(24(15)36-26-34-7-6-22(35-26)38-11-9-33-17(38)3)18-12-19(27(28,29)30)14-20(13-18)37-10-8-32-16(37)2/h4-14H,1-3H3,(H2,31,39)(H,34,35,36). The summed E-state index contributed by atoms with van der Waals surface area (Å²) in [7, 11) is 0. The minimum atomic E-state index is -4.65. The summed E-state index contributed by atoms with van der Waals surface area (Å²) in [5, 5.41) is 3.12. The third kappa shape index (κ3) is 4.96. The number of hydrogen-bond acceptors (Lipinski definition) is 6. The Morgan fingerprint density at radius 3 is 2.21 bits per heavy atom. The molecule has 1 amide bonds. The Bertz CT molecular complexity index is 1700. The number of anilines is 2. The maximum atomic E-state index is 14.0. The van der Waals surface area contributed by atoms with Crippen molar-refractivity contribution in [3.8, 4) is 22.6 Å². The van der Waals surface area contributed by atoms with E-state index in [0.29, 0.717) is 28.7 Å². The van der Waals surface area contributed by atoms with Crippen LogP contribution in [0.15, 0.2) is 67.4 Å². The number of aryl methyl sites for hydroxylation is 3. The van der Waals surface area contributed by atoms with Crippen molar-refractivity contribution in [3.05, 3.63) is 95.7 Å². The van der Waals surface area contributed by atoms with Crippen LogP contribution < -0.4 is 11.1 Å². The van der Waals surface area contributed by atoms with Crippen LogP contribution in [-0.4, -0.2) is 35.0 Å². The molecule has 39 heavy (non-hydrogen) atoms. The summed E-state index contributed by atoms with van der Waals surface area (Å²) < 4.78 is 45.4. The van der Waals surface area contributed by atoms with Gasteiger partial charge in [0.05, 0.1) is 11.3 Å². The number of nitrogens with two attached hydrogens (primary N) is 1. The number of benzene rings is 2. The fourth-order valence-electron chi connectivity index (χ4n) is 4.36. The van der Waals surface area contributed by atoms with E-state index in [1.54, 1.807) is 61.4 Å². The third-order valence-electron chi connectivity index (χ3n) is 6.27. The van der Waals surface area contributed by atoms with Gasteiger partial charge < -0.3 is 15.6 Å². The van der Waals surface area contributed by atoms with Gasteiger partial charge in [-0.25, -0.2) is 15.0 Å². The first-order chi connectivity index (χ1) is 18.5. The molecule has 3 N–H and O–H groups in total. The first-order valence-electron chi connectivity index (χ1n) is 11.8. The normalized spacial score (nSPS) is 11.5. The molecule has 0 aliphatic heterocycles. The molecule has 0 aliphatic rings. The Labute approximate surface area is 221 Å². The maximum absolute atomic E-state index is 14.0. The number of carbonyl (C=O) groups is 1. The van der Waals surface area contributed by atoms with Crippen LogP contribution >= 0.6 is 0 Å². The monoisotopic (exact) mass is 532 g/mol. The molecule has 0 unspecified atom stereocenters. The van der Waals surface area contributed by atoms with Crippen LogP contribution in [0.5, 0.6) is 0 Å². The van der Waals surface area contributed by atoms with Crippen molar-refractivity contribution < 1.29 is 18.0 Å². The largest absolute Gasteiger partial charge is 0.416 e. The van der Waals surface area contributed by atoms with Crippen molar-refractivity contribution >= 4 is 17.5 Å². The van der Waals surface area contributed by atoms with Crippen molar-refractivity contribution in [1.82, 2.24) is 29.1 Å². The second kappa shape index (κ2) is 9.71. The Hall–Kier alpha value is -5.00. The van der Waals surface area contributed by atoms with E-state index in [-0.39, 0.29) is 28.3 Å². The van der Waals surface area contributed by atoms with Crippen molar-refractivity contribution in [1.29, 1.82) is 0 Å². The van der Waals surface area contributed by atoms with E-state index in [2.05, 4.69) is 25.3 Å². The number of carbonyl (C=O) groups excluding carboxylic acids is 1. The lowest BCUT2D eigenvalue weighted by Crippen LogP contribution is -2.15. The molecule has 5 rings (SSSR count). The molecule has 0 fully saturated rings. The first kappa shape index (κ1) is 25.6. The van der Waals surface area contributed by atoms with Gasteiger partial charge in [0.25, 0.3) is 0 Å². The van der Waals surface area contributed by atoms with Gasteiger partial charge in [-0.3, -0.25) is 9.36 Å². The van der Waals surface area contributed by atoms with E-state index in [4.69, 9.17) is 5.73 Å². The van der Waals surface area contributed by atoms with Gasteiger partial charge in [-0.15, -0.1) is 0 Å². The maximum Gasteiger partial charge on any atom is 0.416 e. The number of primary amides is 1.